The van der Waals surface area contributed by atoms with Gasteiger partial charge in [0.25, 0.3) is 0 Å². The molecule has 0 saturated heterocycles. The zero-order chi connectivity index (χ0) is 22.8. The van der Waals surface area contributed by atoms with Crippen molar-refractivity contribution in [3.05, 3.63) is 29.8 Å². The van der Waals surface area contributed by atoms with E-state index in [4.69, 9.17) is 10.8 Å². The number of rotatable bonds is 12. The Bertz CT molecular complexity index is 751. The summed E-state index contributed by atoms with van der Waals surface area (Å²) in [7, 11) is 0. The second kappa shape index (κ2) is 11.8. The van der Waals surface area contributed by atoms with E-state index < -0.39 is 48.3 Å². The van der Waals surface area contributed by atoms with Gasteiger partial charge in [-0.3, -0.25) is 14.4 Å². The molecule has 0 bridgehead atoms. The molecule has 0 heterocycles. The number of carboxylic acids is 2. The van der Waals surface area contributed by atoms with Crippen molar-refractivity contribution in [1.82, 2.24) is 10.6 Å². The summed E-state index contributed by atoms with van der Waals surface area (Å²) in [5.41, 5.74) is 6.43. The van der Waals surface area contributed by atoms with Crippen LogP contribution in [0.3, 0.4) is 0 Å². The molecule has 0 aliphatic rings. The van der Waals surface area contributed by atoms with Crippen LogP contribution in [0.5, 0.6) is 5.75 Å². The fraction of sp³-hybridized carbons (Fsp3) is 0.500. The van der Waals surface area contributed by atoms with Crippen molar-refractivity contribution in [2.75, 3.05) is 0 Å². The third-order valence-corrected chi connectivity index (χ3v) is 4.83. The van der Waals surface area contributed by atoms with Crippen LogP contribution >= 0.6 is 0 Å². The van der Waals surface area contributed by atoms with Gasteiger partial charge in [0.2, 0.25) is 11.8 Å². The zero-order valence-electron chi connectivity index (χ0n) is 17.0. The summed E-state index contributed by atoms with van der Waals surface area (Å²) in [5, 5.41) is 32.5. The highest BCUT2D eigenvalue weighted by Gasteiger charge is 2.29. The Kier molecular flexibility index (Phi) is 9.76. The van der Waals surface area contributed by atoms with Crippen molar-refractivity contribution in [3.8, 4) is 5.75 Å². The summed E-state index contributed by atoms with van der Waals surface area (Å²) in [6, 6.07) is 2.38. The average Bonchev–Trinajstić information content (AvgIpc) is 2.70. The summed E-state index contributed by atoms with van der Waals surface area (Å²) in [6.07, 6.45) is -0.0417. The number of amides is 2. The molecule has 0 radical (unpaired) electrons. The molecule has 0 spiro atoms. The lowest BCUT2D eigenvalue weighted by Gasteiger charge is -2.24. The van der Waals surface area contributed by atoms with Gasteiger partial charge < -0.3 is 31.7 Å². The number of aromatic hydroxyl groups is 1. The van der Waals surface area contributed by atoms with Crippen LogP contribution in [-0.2, 0) is 25.6 Å². The van der Waals surface area contributed by atoms with Gasteiger partial charge in [0.15, 0.2) is 0 Å². The summed E-state index contributed by atoms with van der Waals surface area (Å²) >= 11 is 0. The Hall–Kier alpha value is -3.14. The number of nitrogens with one attached hydrogen (secondary N) is 2. The second-order valence-electron chi connectivity index (χ2n) is 7.17. The van der Waals surface area contributed by atoms with E-state index in [1.807, 2.05) is 6.92 Å². The maximum Gasteiger partial charge on any atom is 0.326 e. The molecule has 1 rings (SSSR count). The Labute approximate surface area is 174 Å². The number of carbonyl (C=O) groups excluding carboxylic acids is 2. The van der Waals surface area contributed by atoms with E-state index in [-0.39, 0.29) is 24.5 Å². The zero-order valence-corrected chi connectivity index (χ0v) is 17.0. The van der Waals surface area contributed by atoms with E-state index in [0.29, 0.717) is 12.0 Å². The normalized spacial score (nSPS) is 14.8. The molecule has 166 valence electrons. The monoisotopic (exact) mass is 423 g/mol. The summed E-state index contributed by atoms with van der Waals surface area (Å²) in [5.74, 6) is -4.02. The fourth-order valence-electron chi connectivity index (χ4n) is 2.66. The SMILES string of the molecule is CC[C@H](C)[C@H](N)C(=O)N[C@@H](CCC(=O)O)C(=O)N[C@@H](Cc1ccc(O)cc1)C(=O)O. The molecule has 0 aliphatic carbocycles. The lowest BCUT2D eigenvalue weighted by molar-refractivity contribution is -0.143. The molecular weight excluding hydrogens is 394 g/mol. The number of carboxylic acid groups (broad SMARTS) is 2. The third kappa shape index (κ3) is 8.08. The van der Waals surface area contributed by atoms with Gasteiger partial charge in [-0.15, -0.1) is 0 Å². The van der Waals surface area contributed by atoms with Gasteiger partial charge >= 0.3 is 11.9 Å². The van der Waals surface area contributed by atoms with Crippen molar-refractivity contribution in [3.63, 3.8) is 0 Å². The van der Waals surface area contributed by atoms with E-state index >= 15 is 0 Å². The van der Waals surface area contributed by atoms with E-state index in [1.54, 1.807) is 6.92 Å². The van der Waals surface area contributed by atoms with Crippen molar-refractivity contribution in [1.29, 1.82) is 0 Å². The molecule has 1 aromatic carbocycles. The van der Waals surface area contributed by atoms with Crippen molar-refractivity contribution in [2.24, 2.45) is 11.7 Å². The van der Waals surface area contributed by atoms with Crippen LogP contribution in [0.25, 0.3) is 0 Å². The highest BCUT2D eigenvalue weighted by atomic mass is 16.4. The molecule has 7 N–H and O–H groups in total. The maximum atomic E-state index is 12.6. The average molecular weight is 423 g/mol. The molecule has 4 atom stereocenters. The van der Waals surface area contributed by atoms with Gasteiger partial charge in [0.1, 0.15) is 17.8 Å². The predicted octanol–water partition coefficient (Wildman–Crippen LogP) is 0.227. The molecule has 30 heavy (non-hydrogen) atoms. The van der Waals surface area contributed by atoms with E-state index in [2.05, 4.69) is 10.6 Å². The largest absolute Gasteiger partial charge is 0.508 e. The molecule has 10 heteroatoms. The first-order chi connectivity index (χ1) is 14.0. The summed E-state index contributed by atoms with van der Waals surface area (Å²) in [4.78, 5) is 47.5. The molecule has 10 nitrogen and oxygen atoms in total. The topological polar surface area (TPSA) is 179 Å². The van der Waals surface area contributed by atoms with Crippen LogP contribution in [0.4, 0.5) is 0 Å². The number of phenolic OH excluding ortho intramolecular Hbond substituents is 1. The Morgan fingerprint density at radius 1 is 1.00 bits per heavy atom. The van der Waals surface area contributed by atoms with Gasteiger partial charge in [-0.05, 0) is 30.0 Å². The van der Waals surface area contributed by atoms with Gasteiger partial charge in [0, 0.05) is 12.8 Å². The highest BCUT2D eigenvalue weighted by Crippen LogP contribution is 2.12. The lowest BCUT2D eigenvalue weighted by Crippen LogP contribution is -2.55. The molecule has 0 unspecified atom stereocenters. The number of hydrogen-bond donors (Lipinski definition) is 6. The summed E-state index contributed by atoms with van der Waals surface area (Å²) in [6.45, 7) is 3.63. The number of nitrogens with two attached hydrogens (primary N) is 1. The van der Waals surface area contributed by atoms with Crippen LogP contribution in [0.15, 0.2) is 24.3 Å². The molecule has 0 saturated carbocycles. The predicted molar refractivity (Wildman–Crippen MR) is 108 cm³/mol. The molecule has 0 aliphatic heterocycles. The molecule has 2 amide bonds. The van der Waals surface area contributed by atoms with Crippen LogP contribution < -0.4 is 16.4 Å². The Morgan fingerprint density at radius 3 is 2.07 bits per heavy atom. The smallest absolute Gasteiger partial charge is 0.326 e. The van der Waals surface area contributed by atoms with Gasteiger partial charge in [-0.2, -0.15) is 0 Å². The maximum absolute atomic E-state index is 12.6. The van der Waals surface area contributed by atoms with E-state index in [1.165, 1.54) is 24.3 Å². The lowest BCUT2D eigenvalue weighted by atomic mass is 9.98. The minimum absolute atomic E-state index is 0.0174. The first-order valence-electron chi connectivity index (χ1n) is 9.64. The molecule has 0 aromatic heterocycles. The molecule has 1 aromatic rings. The van der Waals surface area contributed by atoms with Crippen LogP contribution in [0.2, 0.25) is 0 Å². The van der Waals surface area contributed by atoms with Crippen molar-refractivity contribution in [2.45, 2.75) is 57.7 Å². The van der Waals surface area contributed by atoms with Gasteiger partial charge in [-0.25, -0.2) is 4.79 Å². The molecule has 0 fully saturated rings. The number of aliphatic carboxylic acids is 2. The fourth-order valence-corrected chi connectivity index (χ4v) is 2.66. The van der Waals surface area contributed by atoms with Crippen molar-refractivity contribution >= 4 is 23.8 Å². The Balaban J connectivity index is 2.91. The minimum atomic E-state index is -1.31. The number of benzene rings is 1. The first kappa shape index (κ1) is 24.9. The van der Waals surface area contributed by atoms with Crippen LogP contribution in [-0.4, -0.2) is 57.2 Å². The second-order valence-corrected chi connectivity index (χ2v) is 7.17. The molecular formula is C20H29N3O7. The van der Waals surface area contributed by atoms with Crippen molar-refractivity contribution < 1.29 is 34.5 Å². The Morgan fingerprint density at radius 2 is 1.57 bits per heavy atom. The minimum Gasteiger partial charge on any atom is -0.508 e. The highest BCUT2D eigenvalue weighted by molar-refractivity contribution is 5.92. The quantitative estimate of drug-likeness (QED) is 0.276. The number of phenols is 1. The van der Waals surface area contributed by atoms with E-state index in [0.717, 1.165) is 0 Å². The van der Waals surface area contributed by atoms with Crippen LogP contribution in [0, 0.1) is 5.92 Å². The number of carbonyl (C=O) groups is 4. The summed E-state index contributed by atoms with van der Waals surface area (Å²) < 4.78 is 0. The van der Waals surface area contributed by atoms with E-state index in [9.17, 15) is 29.4 Å². The van der Waals surface area contributed by atoms with Gasteiger partial charge in [-0.1, -0.05) is 32.4 Å². The first-order valence-corrected chi connectivity index (χ1v) is 9.64. The standard InChI is InChI=1S/C20H29N3O7/c1-3-11(2)17(21)19(28)22-14(8-9-16(25)26)18(27)23-15(20(29)30)10-12-4-6-13(24)7-5-12/h4-7,11,14-15,17,24H,3,8-10,21H2,1-2H3,(H,22,28)(H,23,27)(H,25,26)(H,29,30)/t11-,14-,15-,17-/m0/s1. The third-order valence-electron chi connectivity index (χ3n) is 4.83. The van der Waals surface area contributed by atoms with Crippen LogP contribution in [0.1, 0.15) is 38.7 Å². The number of hydrogen-bond acceptors (Lipinski definition) is 6. The van der Waals surface area contributed by atoms with Gasteiger partial charge in [0.05, 0.1) is 6.04 Å².